The van der Waals surface area contributed by atoms with Gasteiger partial charge in [0.25, 0.3) is 11.8 Å². The second-order valence-electron chi connectivity index (χ2n) is 9.43. The molecule has 2 heterocycles. The molecule has 0 aliphatic carbocycles. The maximum Gasteiger partial charge on any atom is 0.442 e. The maximum absolute atomic E-state index is 13.1. The molecule has 18 heteroatoms. The normalized spacial score (nSPS) is 19.4. The van der Waals surface area contributed by atoms with Crippen LogP contribution in [-0.2, 0) is 11.3 Å². The van der Waals surface area contributed by atoms with Crippen LogP contribution in [0.2, 0.25) is 0 Å². The van der Waals surface area contributed by atoms with Gasteiger partial charge in [0.2, 0.25) is 0 Å². The molecule has 2 aliphatic rings. The molecule has 0 fully saturated rings. The van der Waals surface area contributed by atoms with Crippen LogP contribution in [0.25, 0.3) is 0 Å². The van der Waals surface area contributed by atoms with Gasteiger partial charge in [0.1, 0.15) is 12.2 Å². The number of amides is 2. The van der Waals surface area contributed by atoms with Crippen LogP contribution in [-0.4, -0.2) is 82.1 Å². The smallest absolute Gasteiger partial charge is 0.388 e. The van der Waals surface area contributed by atoms with Crippen molar-refractivity contribution < 1.29 is 56.4 Å². The van der Waals surface area contributed by atoms with Crippen LogP contribution in [0.1, 0.15) is 31.8 Å². The van der Waals surface area contributed by atoms with E-state index in [1.165, 1.54) is 0 Å². The van der Waals surface area contributed by atoms with E-state index in [9.17, 15) is 56.4 Å². The number of hydrogen-bond donors (Lipinski definition) is 6. The lowest BCUT2D eigenvalue weighted by Gasteiger charge is -2.27. The van der Waals surface area contributed by atoms with Crippen molar-refractivity contribution >= 4 is 11.8 Å². The molecule has 6 N–H and O–H groups in total. The van der Waals surface area contributed by atoms with Gasteiger partial charge in [0, 0.05) is 35.3 Å². The quantitative estimate of drug-likeness (QED) is 0.212. The Labute approximate surface area is 231 Å². The number of alkyl halides is 6. The van der Waals surface area contributed by atoms with E-state index in [0.29, 0.717) is 0 Å². The van der Waals surface area contributed by atoms with E-state index in [-0.39, 0.29) is 22.3 Å². The van der Waals surface area contributed by atoms with Crippen molar-refractivity contribution in [2.45, 2.75) is 48.1 Å². The first-order valence-electron chi connectivity index (χ1n) is 12.0. The molecule has 0 aromatic heterocycles. The molecule has 0 saturated heterocycles. The van der Waals surface area contributed by atoms with Gasteiger partial charge in [-0.05, 0) is 24.3 Å². The average molecular weight is 604 g/mol. The van der Waals surface area contributed by atoms with Crippen molar-refractivity contribution in [2.24, 2.45) is 20.5 Å². The lowest BCUT2D eigenvalue weighted by atomic mass is 10.0. The fourth-order valence-corrected chi connectivity index (χ4v) is 3.89. The minimum atomic E-state index is -4.75. The number of aliphatic hydroxyl groups is 4. The zero-order chi connectivity index (χ0) is 31.1. The number of aliphatic hydroxyl groups excluding tert-OH is 4. The molecule has 0 bridgehead atoms. The highest BCUT2D eigenvalue weighted by atomic mass is 19.4. The van der Waals surface area contributed by atoms with Crippen molar-refractivity contribution in [2.75, 3.05) is 13.1 Å². The molecule has 2 amide bonds. The van der Waals surface area contributed by atoms with Gasteiger partial charge in [0.05, 0.1) is 12.2 Å². The third-order valence-electron chi connectivity index (χ3n) is 6.57. The molecule has 12 nitrogen and oxygen atoms in total. The first-order valence-corrected chi connectivity index (χ1v) is 12.0. The van der Waals surface area contributed by atoms with Crippen molar-refractivity contribution in [3.05, 3.63) is 70.8 Å². The average Bonchev–Trinajstić information content (AvgIpc) is 3.86. The minimum Gasteiger partial charge on any atom is -0.388 e. The summed E-state index contributed by atoms with van der Waals surface area (Å²) >= 11 is 0. The van der Waals surface area contributed by atoms with E-state index in [2.05, 4.69) is 31.1 Å². The molecule has 42 heavy (non-hydrogen) atoms. The predicted octanol–water partition coefficient (Wildman–Crippen LogP) is 1.65. The lowest BCUT2D eigenvalue weighted by Crippen LogP contribution is -2.51. The topological polar surface area (TPSA) is 189 Å². The molecule has 226 valence electrons. The highest BCUT2D eigenvalue weighted by Crippen LogP contribution is 2.53. The Morgan fingerprint density at radius 2 is 0.905 bits per heavy atom. The van der Waals surface area contributed by atoms with Crippen LogP contribution < -0.4 is 10.6 Å². The van der Waals surface area contributed by atoms with Crippen molar-refractivity contribution in [1.29, 1.82) is 0 Å². The molecular formula is C24H22F6N6O6. The first-order chi connectivity index (χ1) is 19.5. The summed E-state index contributed by atoms with van der Waals surface area (Å²) in [7, 11) is 0. The molecule has 0 spiro atoms. The number of rotatable bonds is 11. The van der Waals surface area contributed by atoms with E-state index < -0.39 is 73.0 Å². The number of nitrogens with zero attached hydrogens (tertiary/aromatic N) is 4. The van der Waals surface area contributed by atoms with Gasteiger partial charge in [-0.15, -0.1) is 20.5 Å². The van der Waals surface area contributed by atoms with Gasteiger partial charge in [-0.3, -0.25) is 9.59 Å². The molecule has 2 aliphatic heterocycles. The molecule has 2 aromatic carbocycles. The fraction of sp³-hybridized carbons (Fsp3) is 0.417. The summed E-state index contributed by atoms with van der Waals surface area (Å²) in [5, 5.41) is 57.2. The highest BCUT2D eigenvalue weighted by molar-refractivity contribution is 5.94. The number of halogens is 6. The molecule has 4 atom stereocenters. The number of hydrogen-bond acceptors (Lipinski definition) is 10. The SMILES string of the molecule is O=C(NC[C@@H](O)[C@@H](O)[C@H](O)[C@H](O)CNC(=O)c1ccc(C2(C(F)(F)F)N=N2)cc1)c1ccc(C2(C(F)(F)F)N=N2)cc1. The van der Waals surface area contributed by atoms with Gasteiger partial charge >= 0.3 is 23.7 Å². The Morgan fingerprint density at radius 1 is 0.619 bits per heavy atom. The van der Waals surface area contributed by atoms with E-state index in [1.807, 2.05) is 0 Å². The van der Waals surface area contributed by atoms with Crippen LogP contribution >= 0.6 is 0 Å². The van der Waals surface area contributed by atoms with Crippen LogP contribution in [0.5, 0.6) is 0 Å². The Balaban J connectivity index is 1.23. The molecular weight excluding hydrogens is 582 g/mol. The third-order valence-corrected chi connectivity index (χ3v) is 6.57. The van der Waals surface area contributed by atoms with E-state index in [0.717, 1.165) is 48.5 Å². The molecule has 2 aromatic rings. The van der Waals surface area contributed by atoms with Crippen LogP contribution in [0.15, 0.2) is 69.0 Å². The van der Waals surface area contributed by atoms with Crippen molar-refractivity contribution in [3.8, 4) is 0 Å². The van der Waals surface area contributed by atoms with Crippen LogP contribution in [0.4, 0.5) is 26.3 Å². The monoisotopic (exact) mass is 604 g/mol. The number of carbonyl (C=O) groups excluding carboxylic acids is 2. The summed E-state index contributed by atoms with van der Waals surface area (Å²) in [6.45, 7) is -1.28. The number of benzene rings is 2. The van der Waals surface area contributed by atoms with E-state index in [4.69, 9.17) is 0 Å². The number of carbonyl (C=O) groups is 2. The summed E-state index contributed by atoms with van der Waals surface area (Å²) in [4.78, 5) is 24.6. The molecule has 0 saturated carbocycles. The largest absolute Gasteiger partial charge is 0.442 e. The summed E-state index contributed by atoms with van der Waals surface area (Å²) in [5.74, 6) is -1.67. The molecule has 0 unspecified atom stereocenters. The second kappa shape index (κ2) is 11.0. The Bertz CT molecular complexity index is 1260. The summed E-state index contributed by atoms with van der Waals surface area (Å²) < 4.78 is 78.5. The summed E-state index contributed by atoms with van der Waals surface area (Å²) in [5.41, 5.74) is -6.11. The maximum atomic E-state index is 13.1. The van der Waals surface area contributed by atoms with Gasteiger partial charge in [-0.25, -0.2) is 0 Å². The van der Waals surface area contributed by atoms with E-state index >= 15 is 0 Å². The third kappa shape index (κ3) is 5.96. The van der Waals surface area contributed by atoms with Crippen LogP contribution in [0, 0.1) is 0 Å². The minimum absolute atomic E-state index is 0.0933. The standard InChI is InChI=1S/C24H22F6N6O6/c25-23(26,27)21(33-34-21)13-5-1-11(2-6-13)19(41)31-9-15(37)17(39)18(40)16(38)10-32-20(42)12-3-7-14(8-4-12)22(35-36-22)24(28,29)30/h1-8,15-18,37-40H,9-10H2,(H,31,41)(H,32,42)/t15-,16-,17-,18-/m1/s1. The zero-order valence-electron chi connectivity index (χ0n) is 21.0. The van der Waals surface area contributed by atoms with Crippen molar-refractivity contribution in [3.63, 3.8) is 0 Å². The Morgan fingerprint density at radius 3 is 1.14 bits per heavy atom. The number of nitrogens with one attached hydrogen (secondary N) is 2. The predicted molar refractivity (Wildman–Crippen MR) is 127 cm³/mol. The van der Waals surface area contributed by atoms with E-state index in [1.54, 1.807) is 0 Å². The second-order valence-corrected chi connectivity index (χ2v) is 9.43. The van der Waals surface area contributed by atoms with Crippen LogP contribution in [0.3, 0.4) is 0 Å². The van der Waals surface area contributed by atoms with Gasteiger partial charge in [0.15, 0.2) is 0 Å². The lowest BCUT2D eigenvalue weighted by molar-refractivity contribution is -0.166. The first kappa shape index (κ1) is 30.9. The summed E-state index contributed by atoms with van der Waals surface area (Å²) in [6.07, 6.45) is -17.2. The highest BCUT2D eigenvalue weighted by Gasteiger charge is 2.66. The molecule has 0 radical (unpaired) electrons. The zero-order valence-corrected chi connectivity index (χ0v) is 21.0. The summed E-state index contributed by atoms with van der Waals surface area (Å²) in [6, 6.07) is 8.33. The van der Waals surface area contributed by atoms with Crippen molar-refractivity contribution in [1.82, 2.24) is 10.6 Å². The Hall–Kier alpha value is -4.00. The van der Waals surface area contributed by atoms with Gasteiger partial charge in [-0.1, -0.05) is 24.3 Å². The fourth-order valence-electron chi connectivity index (χ4n) is 3.89. The molecule has 4 rings (SSSR count). The Kier molecular flexibility index (Phi) is 8.11. The van der Waals surface area contributed by atoms with Gasteiger partial charge < -0.3 is 31.1 Å². The van der Waals surface area contributed by atoms with Gasteiger partial charge in [-0.2, -0.15) is 26.3 Å².